The number of pyridine rings is 1. The number of rotatable bonds is 5. The molecule has 0 aromatic carbocycles. The zero-order valence-electron chi connectivity index (χ0n) is 10.5. The number of nitrogens with two attached hydrogens (primary N) is 1. The van der Waals surface area contributed by atoms with E-state index in [1.54, 1.807) is 13.1 Å². The molecule has 100 valence electrons. The monoisotopic (exact) mass is 270 g/mol. The van der Waals surface area contributed by atoms with Gasteiger partial charge in [0.1, 0.15) is 4.90 Å². The second-order valence-corrected chi connectivity index (χ2v) is 6.79. The average Bonchev–Trinajstić information content (AvgIpc) is 3.04. The van der Waals surface area contributed by atoms with Crippen LogP contribution in [0, 0.1) is 11.8 Å². The number of anilines is 1. The molecule has 0 bridgehead atoms. The number of hydrogen-bond acceptors (Lipinski definition) is 5. The molecule has 0 radical (unpaired) electrons. The Bertz CT molecular complexity index is 532. The summed E-state index contributed by atoms with van der Waals surface area (Å²) in [6.07, 6.45) is 3.91. The SMILES string of the molecule is CC1CC1CN(C)S(=O)(=O)c1cnccc1NN. The average molecular weight is 270 g/mol. The lowest BCUT2D eigenvalue weighted by Crippen LogP contribution is -2.30. The zero-order chi connectivity index (χ0) is 13.3. The van der Waals surface area contributed by atoms with Crippen molar-refractivity contribution in [1.29, 1.82) is 0 Å². The van der Waals surface area contributed by atoms with Gasteiger partial charge >= 0.3 is 0 Å². The number of nitrogens with one attached hydrogen (secondary N) is 1. The van der Waals surface area contributed by atoms with E-state index >= 15 is 0 Å². The third-order valence-corrected chi connectivity index (χ3v) is 5.25. The van der Waals surface area contributed by atoms with Crippen molar-refractivity contribution in [3.8, 4) is 0 Å². The fourth-order valence-electron chi connectivity index (χ4n) is 1.95. The van der Waals surface area contributed by atoms with Crippen molar-refractivity contribution in [2.45, 2.75) is 18.2 Å². The molecule has 1 saturated carbocycles. The van der Waals surface area contributed by atoms with Crippen molar-refractivity contribution in [2.75, 3.05) is 19.0 Å². The lowest BCUT2D eigenvalue weighted by molar-refractivity contribution is 0.444. The van der Waals surface area contributed by atoms with Gasteiger partial charge in [-0.25, -0.2) is 12.7 Å². The molecule has 1 fully saturated rings. The van der Waals surface area contributed by atoms with Crippen LogP contribution in [0.4, 0.5) is 5.69 Å². The highest BCUT2D eigenvalue weighted by Gasteiger charge is 2.36. The Morgan fingerprint density at radius 3 is 2.83 bits per heavy atom. The predicted octanol–water partition coefficient (Wildman–Crippen LogP) is 0.644. The molecule has 0 amide bonds. The van der Waals surface area contributed by atoms with Crippen LogP contribution < -0.4 is 11.3 Å². The summed E-state index contributed by atoms with van der Waals surface area (Å²) >= 11 is 0. The van der Waals surface area contributed by atoms with E-state index < -0.39 is 10.0 Å². The van der Waals surface area contributed by atoms with E-state index in [1.165, 1.54) is 16.7 Å². The predicted molar refractivity (Wildman–Crippen MR) is 69.1 cm³/mol. The van der Waals surface area contributed by atoms with Crippen LogP contribution in [0.5, 0.6) is 0 Å². The first kappa shape index (κ1) is 13.3. The van der Waals surface area contributed by atoms with Crippen LogP contribution in [0.3, 0.4) is 0 Å². The third kappa shape index (κ3) is 2.47. The van der Waals surface area contributed by atoms with Crippen LogP contribution >= 0.6 is 0 Å². The maximum atomic E-state index is 12.4. The van der Waals surface area contributed by atoms with Crippen LogP contribution in [0.1, 0.15) is 13.3 Å². The van der Waals surface area contributed by atoms with Gasteiger partial charge in [0.2, 0.25) is 10.0 Å². The van der Waals surface area contributed by atoms with Crippen molar-refractivity contribution in [2.24, 2.45) is 17.7 Å². The molecule has 1 aromatic heterocycles. The van der Waals surface area contributed by atoms with E-state index in [0.29, 0.717) is 24.1 Å². The third-order valence-electron chi connectivity index (χ3n) is 3.40. The van der Waals surface area contributed by atoms with Gasteiger partial charge in [0.05, 0.1) is 5.69 Å². The molecule has 0 saturated heterocycles. The van der Waals surface area contributed by atoms with Crippen LogP contribution in [0.15, 0.2) is 23.4 Å². The number of hydrogen-bond donors (Lipinski definition) is 2. The highest BCUT2D eigenvalue weighted by Crippen LogP contribution is 2.39. The minimum Gasteiger partial charge on any atom is -0.323 e. The van der Waals surface area contributed by atoms with Crippen LogP contribution in [-0.2, 0) is 10.0 Å². The number of nitrogen functional groups attached to an aromatic ring is 1. The fraction of sp³-hybridized carbons (Fsp3) is 0.545. The van der Waals surface area contributed by atoms with E-state index in [4.69, 9.17) is 5.84 Å². The van der Waals surface area contributed by atoms with Gasteiger partial charge in [-0.2, -0.15) is 0 Å². The Morgan fingerprint density at radius 1 is 1.61 bits per heavy atom. The minimum absolute atomic E-state index is 0.114. The van der Waals surface area contributed by atoms with E-state index in [-0.39, 0.29) is 4.90 Å². The quantitative estimate of drug-likeness (QED) is 0.605. The topological polar surface area (TPSA) is 88.3 Å². The van der Waals surface area contributed by atoms with Gasteiger partial charge < -0.3 is 5.43 Å². The van der Waals surface area contributed by atoms with E-state index in [2.05, 4.69) is 17.3 Å². The van der Waals surface area contributed by atoms with Crippen molar-refractivity contribution in [3.05, 3.63) is 18.5 Å². The van der Waals surface area contributed by atoms with Gasteiger partial charge in [-0.15, -0.1) is 0 Å². The van der Waals surface area contributed by atoms with Gasteiger partial charge in [0, 0.05) is 26.0 Å². The van der Waals surface area contributed by atoms with E-state index in [9.17, 15) is 8.42 Å². The Morgan fingerprint density at radius 2 is 2.28 bits per heavy atom. The Balaban J connectivity index is 2.24. The Kier molecular flexibility index (Phi) is 3.56. The molecule has 6 nitrogen and oxygen atoms in total. The lowest BCUT2D eigenvalue weighted by Gasteiger charge is -2.18. The Labute approximate surface area is 107 Å². The van der Waals surface area contributed by atoms with Crippen molar-refractivity contribution in [3.63, 3.8) is 0 Å². The zero-order valence-corrected chi connectivity index (χ0v) is 11.3. The number of nitrogens with zero attached hydrogens (tertiary/aromatic N) is 2. The second kappa shape index (κ2) is 4.83. The minimum atomic E-state index is -3.53. The summed E-state index contributed by atoms with van der Waals surface area (Å²) in [5.74, 6) is 6.41. The van der Waals surface area contributed by atoms with Crippen molar-refractivity contribution in [1.82, 2.24) is 9.29 Å². The fourth-order valence-corrected chi connectivity index (χ4v) is 3.28. The molecule has 2 unspecified atom stereocenters. The van der Waals surface area contributed by atoms with Gasteiger partial charge in [0.15, 0.2) is 0 Å². The summed E-state index contributed by atoms with van der Waals surface area (Å²) in [6, 6.07) is 1.54. The number of hydrazine groups is 1. The molecule has 7 heteroatoms. The molecule has 2 atom stereocenters. The molecule has 18 heavy (non-hydrogen) atoms. The molecule has 1 aliphatic carbocycles. The molecule has 0 aliphatic heterocycles. The van der Waals surface area contributed by atoms with Gasteiger partial charge in [-0.1, -0.05) is 6.92 Å². The van der Waals surface area contributed by atoms with Crippen molar-refractivity contribution < 1.29 is 8.42 Å². The first-order chi connectivity index (χ1) is 8.46. The standard InChI is InChI=1S/C11H18N4O2S/c1-8-5-9(8)7-15(2)18(16,17)11-6-13-4-3-10(11)14-12/h3-4,6,8-9H,5,7,12H2,1-2H3,(H,13,14). The maximum absolute atomic E-state index is 12.4. The first-order valence-corrected chi connectivity index (χ1v) is 7.27. The highest BCUT2D eigenvalue weighted by atomic mass is 32.2. The summed E-state index contributed by atoms with van der Waals surface area (Å²) in [5, 5.41) is 0. The van der Waals surface area contributed by atoms with Gasteiger partial charge in [-0.3, -0.25) is 10.8 Å². The molecule has 3 N–H and O–H groups in total. The van der Waals surface area contributed by atoms with E-state index in [1.807, 2.05) is 0 Å². The number of aromatic nitrogens is 1. The summed E-state index contributed by atoms with van der Waals surface area (Å²) in [7, 11) is -1.94. The summed E-state index contributed by atoms with van der Waals surface area (Å²) in [4.78, 5) is 3.96. The molecular weight excluding hydrogens is 252 g/mol. The maximum Gasteiger partial charge on any atom is 0.246 e. The molecule has 1 heterocycles. The summed E-state index contributed by atoms with van der Waals surface area (Å²) < 4.78 is 26.1. The van der Waals surface area contributed by atoms with E-state index in [0.717, 1.165) is 6.42 Å². The van der Waals surface area contributed by atoms with Crippen LogP contribution in [0.25, 0.3) is 0 Å². The van der Waals surface area contributed by atoms with Crippen LogP contribution in [-0.4, -0.2) is 31.3 Å². The van der Waals surface area contributed by atoms with Crippen molar-refractivity contribution >= 4 is 15.7 Å². The molecule has 1 aromatic rings. The second-order valence-electron chi connectivity index (χ2n) is 4.77. The normalized spacial score (nSPS) is 23.1. The highest BCUT2D eigenvalue weighted by molar-refractivity contribution is 7.89. The molecular formula is C11H18N4O2S. The molecule has 0 spiro atoms. The largest absolute Gasteiger partial charge is 0.323 e. The van der Waals surface area contributed by atoms with Gasteiger partial charge in [0.25, 0.3) is 0 Å². The Hall–Kier alpha value is -1.18. The summed E-state index contributed by atoms with van der Waals surface area (Å²) in [6.45, 7) is 2.67. The first-order valence-electron chi connectivity index (χ1n) is 5.83. The number of sulfonamides is 1. The smallest absolute Gasteiger partial charge is 0.246 e. The molecule has 2 rings (SSSR count). The summed E-state index contributed by atoms with van der Waals surface area (Å²) in [5.41, 5.74) is 2.75. The molecule has 1 aliphatic rings. The van der Waals surface area contributed by atoms with Gasteiger partial charge in [-0.05, 0) is 24.3 Å². The lowest BCUT2D eigenvalue weighted by atomic mass is 10.3. The van der Waals surface area contributed by atoms with Crippen LogP contribution in [0.2, 0.25) is 0 Å².